The standard InChI is InChI=1S/C20H28N4O2/c1-3-4-5-10-19(25)24-13-11-23(12-14-24)15-18-21-20(22-26-18)17-9-7-6-8-16(17)2/h6-9H,3-5,10-15H2,1-2H3. The maximum absolute atomic E-state index is 12.2. The predicted molar refractivity (Wildman–Crippen MR) is 100 cm³/mol. The first-order chi connectivity index (χ1) is 12.7. The van der Waals surface area contributed by atoms with Crippen molar-refractivity contribution in [2.24, 2.45) is 0 Å². The molecule has 0 atom stereocenters. The third kappa shape index (κ3) is 4.69. The molecule has 0 radical (unpaired) electrons. The van der Waals surface area contributed by atoms with Crippen molar-refractivity contribution in [3.63, 3.8) is 0 Å². The minimum Gasteiger partial charge on any atom is -0.340 e. The van der Waals surface area contributed by atoms with Gasteiger partial charge in [-0.15, -0.1) is 0 Å². The van der Waals surface area contributed by atoms with Gasteiger partial charge < -0.3 is 9.42 Å². The summed E-state index contributed by atoms with van der Waals surface area (Å²) in [6, 6.07) is 8.03. The zero-order chi connectivity index (χ0) is 18.4. The van der Waals surface area contributed by atoms with Gasteiger partial charge in [-0.05, 0) is 18.9 Å². The number of carbonyl (C=O) groups excluding carboxylic acids is 1. The number of carbonyl (C=O) groups is 1. The molecular weight excluding hydrogens is 328 g/mol. The van der Waals surface area contributed by atoms with Crippen LogP contribution in [-0.4, -0.2) is 52.0 Å². The van der Waals surface area contributed by atoms with E-state index in [1.807, 2.05) is 36.1 Å². The van der Waals surface area contributed by atoms with E-state index in [0.29, 0.717) is 24.7 Å². The number of hydrogen-bond donors (Lipinski definition) is 0. The fourth-order valence-corrected chi connectivity index (χ4v) is 3.28. The zero-order valence-corrected chi connectivity index (χ0v) is 15.8. The first kappa shape index (κ1) is 18.6. The van der Waals surface area contributed by atoms with E-state index in [1.165, 1.54) is 0 Å². The van der Waals surface area contributed by atoms with Crippen LogP contribution in [-0.2, 0) is 11.3 Å². The molecule has 0 aliphatic carbocycles. The molecule has 0 saturated carbocycles. The summed E-state index contributed by atoms with van der Waals surface area (Å²) in [6.45, 7) is 8.10. The molecule has 0 unspecified atom stereocenters. The molecule has 0 N–H and O–H groups in total. The van der Waals surface area contributed by atoms with Crippen molar-refractivity contribution in [1.82, 2.24) is 19.9 Å². The lowest BCUT2D eigenvalue weighted by Gasteiger charge is -2.34. The van der Waals surface area contributed by atoms with E-state index in [-0.39, 0.29) is 5.91 Å². The number of nitrogens with zero attached hydrogens (tertiary/aromatic N) is 4. The van der Waals surface area contributed by atoms with E-state index in [4.69, 9.17) is 4.52 Å². The van der Waals surface area contributed by atoms with Gasteiger partial charge in [0.05, 0.1) is 6.54 Å². The van der Waals surface area contributed by atoms with Gasteiger partial charge in [-0.1, -0.05) is 49.2 Å². The average Bonchev–Trinajstić information content (AvgIpc) is 3.11. The normalized spacial score (nSPS) is 15.4. The lowest BCUT2D eigenvalue weighted by Crippen LogP contribution is -2.48. The van der Waals surface area contributed by atoms with Crippen LogP contribution in [0.1, 0.15) is 44.1 Å². The summed E-state index contributed by atoms with van der Waals surface area (Å²) in [5.41, 5.74) is 2.14. The van der Waals surface area contributed by atoms with Gasteiger partial charge in [-0.3, -0.25) is 9.69 Å². The molecule has 1 aliphatic rings. The van der Waals surface area contributed by atoms with Crippen LogP contribution in [0.25, 0.3) is 11.4 Å². The molecule has 1 amide bonds. The number of benzene rings is 1. The van der Waals surface area contributed by atoms with Gasteiger partial charge in [-0.2, -0.15) is 4.98 Å². The molecule has 140 valence electrons. The molecule has 0 bridgehead atoms. The predicted octanol–water partition coefficient (Wildman–Crippen LogP) is 3.27. The fraction of sp³-hybridized carbons (Fsp3) is 0.550. The number of rotatable bonds is 7. The Balaban J connectivity index is 1.49. The van der Waals surface area contributed by atoms with Gasteiger partial charge in [-0.25, -0.2) is 0 Å². The first-order valence-corrected chi connectivity index (χ1v) is 9.56. The average molecular weight is 356 g/mol. The SMILES string of the molecule is CCCCCC(=O)N1CCN(Cc2nc(-c3ccccc3C)no2)CC1. The zero-order valence-electron chi connectivity index (χ0n) is 15.8. The third-order valence-electron chi connectivity index (χ3n) is 4.93. The summed E-state index contributed by atoms with van der Waals surface area (Å²) in [7, 11) is 0. The minimum atomic E-state index is 0.290. The molecule has 3 rings (SSSR count). The topological polar surface area (TPSA) is 62.5 Å². The first-order valence-electron chi connectivity index (χ1n) is 9.56. The lowest BCUT2D eigenvalue weighted by atomic mass is 10.1. The van der Waals surface area contributed by atoms with Crippen LogP contribution < -0.4 is 0 Å². The van der Waals surface area contributed by atoms with Gasteiger partial charge in [0.2, 0.25) is 17.6 Å². The maximum Gasteiger partial charge on any atom is 0.241 e. The van der Waals surface area contributed by atoms with E-state index in [9.17, 15) is 4.79 Å². The van der Waals surface area contributed by atoms with Crippen molar-refractivity contribution in [3.8, 4) is 11.4 Å². The Kier molecular flexibility index (Phi) is 6.39. The molecule has 26 heavy (non-hydrogen) atoms. The van der Waals surface area contributed by atoms with Gasteiger partial charge in [0.1, 0.15) is 0 Å². The largest absolute Gasteiger partial charge is 0.340 e. The van der Waals surface area contributed by atoms with Crippen molar-refractivity contribution in [1.29, 1.82) is 0 Å². The van der Waals surface area contributed by atoms with E-state index in [0.717, 1.165) is 56.6 Å². The Morgan fingerprint density at radius 3 is 2.65 bits per heavy atom. The molecule has 1 aromatic heterocycles. The van der Waals surface area contributed by atoms with Crippen molar-refractivity contribution in [2.75, 3.05) is 26.2 Å². The van der Waals surface area contributed by atoms with Crippen molar-refractivity contribution in [3.05, 3.63) is 35.7 Å². The van der Waals surface area contributed by atoms with E-state index in [1.54, 1.807) is 0 Å². The summed E-state index contributed by atoms with van der Waals surface area (Å²) in [6.07, 6.45) is 3.96. The van der Waals surface area contributed by atoms with Crippen molar-refractivity contribution >= 4 is 5.91 Å². The van der Waals surface area contributed by atoms with Gasteiger partial charge in [0.15, 0.2) is 0 Å². The van der Waals surface area contributed by atoms with E-state index >= 15 is 0 Å². The van der Waals surface area contributed by atoms with Crippen LogP contribution in [0.2, 0.25) is 0 Å². The molecule has 1 aromatic carbocycles. The Morgan fingerprint density at radius 2 is 1.92 bits per heavy atom. The van der Waals surface area contributed by atoms with Crippen LogP contribution in [0.3, 0.4) is 0 Å². The van der Waals surface area contributed by atoms with Crippen LogP contribution in [0.4, 0.5) is 0 Å². The Morgan fingerprint density at radius 1 is 1.15 bits per heavy atom. The summed E-state index contributed by atoms with van der Waals surface area (Å²) < 4.78 is 5.43. The fourth-order valence-electron chi connectivity index (χ4n) is 3.28. The minimum absolute atomic E-state index is 0.290. The summed E-state index contributed by atoms with van der Waals surface area (Å²) in [5.74, 6) is 1.56. The van der Waals surface area contributed by atoms with Crippen LogP contribution >= 0.6 is 0 Å². The van der Waals surface area contributed by atoms with Gasteiger partial charge >= 0.3 is 0 Å². The lowest BCUT2D eigenvalue weighted by molar-refractivity contribution is -0.133. The Labute approximate surface area is 155 Å². The second-order valence-corrected chi connectivity index (χ2v) is 6.94. The highest BCUT2D eigenvalue weighted by Gasteiger charge is 2.22. The molecule has 1 saturated heterocycles. The molecular formula is C20H28N4O2. The summed E-state index contributed by atoms with van der Waals surface area (Å²) in [4.78, 5) is 21.0. The van der Waals surface area contributed by atoms with Crippen molar-refractivity contribution < 1.29 is 9.32 Å². The maximum atomic E-state index is 12.2. The second kappa shape index (κ2) is 8.94. The number of aryl methyl sites for hydroxylation is 1. The molecule has 2 aromatic rings. The molecule has 6 heteroatoms. The number of aromatic nitrogens is 2. The molecule has 0 spiro atoms. The Hall–Kier alpha value is -2.21. The highest BCUT2D eigenvalue weighted by Crippen LogP contribution is 2.20. The highest BCUT2D eigenvalue weighted by molar-refractivity contribution is 5.76. The van der Waals surface area contributed by atoms with E-state index < -0.39 is 0 Å². The molecule has 6 nitrogen and oxygen atoms in total. The monoisotopic (exact) mass is 356 g/mol. The summed E-state index contributed by atoms with van der Waals surface area (Å²) in [5, 5.41) is 4.12. The van der Waals surface area contributed by atoms with Crippen LogP contribution in [0, 0.1) is 6.92 Å². The number of piperazine rings is 1. The third-order valence-corrected chi connectivity index (χ3v) is 4.93. The highest BCUT2D eigenvalue weighted by atomic mass is 16.5. The molecule has 1 aliphatic heterocycles. The van der Waals surface area contributed by atoms with Gasteiger partial charge in [0, 0.05) is 38.2 Å². The second-order valence-electron chi connectivity index (χ2n) is 6.94. The van der Waals surface area contributed by atoms with Crippen LogP contribution in [0.5, 0.6) is 0 Å². The number of hydrogen-bond acceptors (Lipinski definition) is 5. The molecule has 1 fully saturated rings. The molecule has 2 heterocycles. The quantitative estimate of drug-likeness (QED) is 0.713. The van der Waals surface area contributed by atoms with Gasteiger partial charge in [0.25, 0.3) is 0 Å². The number of amides is 1. The number of unbranched alkanes of at least 4 members (excludes halogenated alkanes) is 2. The Bertz CT molecular complexity index is 720. The smallest absolute Gasteiger partial charge is 0.241 e. The summed E-state index contributed by atoms with van der Waals surface area (Å²) >= 11 is 0. The van der Waals surface area contributed by atoms with Crippen LogP contribution in [0.15, 0.2) is 28.8 Å². The van der Waals surface area contributed by atoms with E-state index in [2.05, 4.69) is 22.0 Å². The van der Waals surface area contributed by atoms with Crippen molar-refractivity contribution in [2.45, 2.75) is 46.1 Å².